The van der Waals surface area contributed by atoms with Crippen LogP contribution in [0.15, 0.2) is 60.0 Å². The Labute approximate surface area is 204 Å². The van der Waals surface area contributed by atoms with E-state index in [4.69, 9.17) is 4.74 Å². The molecule has 0 aliphatic heterocycles. The number of nitrogens with zero attached hydrogens (tertiary/aromatic N) is 2. The number of thiazole rings is 1. The number of carbonyl (C=O) groups is 2. The predicted molar refractivity (Wildman–Crippen MR) is 134 cm³/mol. The van der Waals surface area contributed by atoms with Gasteiger partial charge in [-0.05, 0) is 73.4 Å². The number of aromatic carboxylic acids is 1. The summed E-state index contributed by atoms with van der Waals surface area (Å²) >= 11 is 1.20. The Kier molecular flexibility index (Phi) is 7.03. The van der Waals surface area contributed by atoms with E-state index >= 15 is 0 Å². The van der Waals surface area contributed by atoms with Gasteiger partial charge in [0.25, 0.3) is 5.91 Å². The van der Waals surface area contributed by atoms with E-state index < -0.39 is 5.97 Å². The summed E-state index contributed by atoms with van der Waals surface area (Å²) in [4.78, 5) is 31.1. The van der Waals surface area contributed by atoms with E-state index in [-0.39, 0.29) is 23.1 Å². The molecule has 6 nitrogen and oxygen atoms in total. The number of carbonyl (C=O) groups excluding carboxylic acids is 1. The fraction of sp³-hybridized carbons (Fsp3) is 0.370. The quantitative estimate of drug-likeness (QED) is 0.417. The van der Waals surface area contributed by atoms with E-state index in [0.29, 0.717) is 22.4 Å². The second kappa shape index (κ2) is 9.97. The van der Waals surface area contributed by atoms with Gasteiger partial charge >= 0.3 is 5.97 Å². The third kappa shape index (κ3) is 5.47. The number of carboxylic acids is 1. The largest absolute Gasteiger partial charge is 0.476 e. The third-order valence-corrected chi connectivity index (χ3v) is 7.34. The minimum atomic E-state index is -1.09. The van der Waals surface area contributed by atoms with E-state index in [1.165, 1.54) is 16.7 Å². The molecule has 1 aliphatic carbocycles. The lowest BCUT2D eigenvalue weighted by Gasteiger charge is -2.40. The van der Waals surface area contributed by atoms with Crippen molar-refractivity contribution >= 4 is 28.3 Å². The van der Waals surface area contributed by atoms with E-state index in [1.807, 2.05) is 30.3 Å². The molecule has 1 saturated carbocycles. The Balaban J connectivity index is 1.57. The molecule has 4 rings (SSSR count). The highest BCUT2D eigenvalue weighted by molar-refractivity contribution is 7.14. The maximum absolute atomic E-state index is 13.7. The minimum absolute atomic E-state index is 0.0147. The summed E-state index contributed by atoms with van der Waals surface area (Å²) in [5, 5.41) is 11.3. The number of ether oxygens (including phenoxy) is 1. The molecule has 178 valence electrons. The van der Waals surface area contributed by atoms with Crippen molar-refractivity contribution in [3.8, 4) is 11.5 Å². The summed E-state index contributed by atoms with van der Waals surface area (Å²) in [7, 11) is 0. The molecule has 1 aromatic heterocycles. The van der Waals surface area contributed by atoms with Crippen molar-refractivity contribution in [1.29, 1.82) is 0 Å². The number of rotatable bonds is 6. The maximum Gasteiger partial charge on any atom is 0.355 e. The van der Waals surface area contributed by atoms with E-state index in [2.05, 4.69) is 25.8 Å². The molecule has 7 heteroatoms. The fourth-order valence-corrected chi connectivity index (χ4v) is 5.38. The first-order valence-electron chi connectivity index (χ1n) is 11.6. The number of carboxylic acid groups (broad SMARTS) is 1. The molecule has 34 heavy (non-hydrogen) atoms. The zero-order chi connectivity index (χ0) is 24.3. The number of aromatic nitrogens is 1. The Morgan fingerprint density at radius 2 is 1.59 bits per heavy atom. The van der Waals surface area contributed by atoms with Gasteiger partial charge in [0.2, 0.25) is 0 Å². The predicted octanol–water partition coefficient (Wildman–Crippen LogP) is 6.89. The lowest BCUT2D eigenvalue weighted by atomic mass is 9.71. The van der Waals surface area contributed by atoms with Gasteiger partial charge in [-0.3, -0.25) is 9.69 Å². The summed E-state index contributed by atoms with van der Waals surface area (Å²) < 4.78 is 5.85. The van der Waals surface area contributed by atoms with Crippen molar-refractivity contribution in [3.63, 3.8) is 0 Å². The summed E-state index contributed by atoms with van der Waals surface area (Å²) in [6.07, 6.45) is 3.79. The molecule has 0 radical (unpaired) electrons. The molecule has 1 amide bonds. The van der Waals surface area contributed by atoms with Crippen LogP contribution in [0.2, 0.25) is 0 Å². The first-order valence-corrected chi connectivity index (χ1v) is 12.5. The van der Waals surface area contributed by atoms with Crippen LogP contribution in [-0.2, 0) is 0 Å². The van der Waals surface area contributed by atoms with Gasteiger partial charge in [-0.25, -0.2) is 9.78 Å². The highest BCUT2D eigenvalue weighted by atomic mass is 32.1. The van der Waals surface area contributed by atoms with Crippen LogP contribution in [0.25, 0.3) is 0 Å². The molecule has 1 heterocycles. The lowest BCUT2D eigenvalue weighted by molar-refractivity contribution is 0.0690. The first-order chi connectivity index (χ1) is 16.2. The Hall–Kier alpha value is -3.19. The molecule has 3 aromatic rings. The number of anilines is 1. The second-order valence-electron chi connectivity index (χ2n) is 9.81. The molecule has 1 fully saturated rings. The number of benzene rings is 2. The SMILES string of the molecule is CC(C)(C)C1CCC(N(C(=O)c2ccc(Oc3ccccc3)cc2)c2nc(C(=O)O)cs2)CC1. The fourth-order valence-electron chi connectivity index (χ4n) is 4.51. The molecule has 0 bridgehead atoms. The van der Waals surface area contributed by atoms with Crippen LogP contribution in [0.3, 0.4) is 0 Å². The Morgan fingerprint density at radius 1 is 0.971 bits per heavy atom. The topological polar surface area (TPSA) is 79.7 Å². The zero-order valence-electron chi connectivity index (χ0n) is 19.7. The van der Waals surface area contributed by atoms with Crippen molar-refractivity contribution in [2.75, 3.05) is 4.90 Å². The van der Waals surface area contributed by atoms with Crippen molar-refractivity contribution < 1.29 is 19.4 Å². The molecular formula is C27H30N2O4S. The van der Waals surface area contributed by atoms with Crippen molar-refractivity contribution in [2.24, 2.45) is 11.3 Å². The molecule has 1 N–H and O–H groups in total. The van der Waals surface area contributed by atoms with Gasteiger partial charge in [0, 0.05) is 17.0 Å². The monoisotopic (exact) mass is 478 g/mol. The molecule has 0 unspecified atom stereocenters. The van der Waals surface area contributed by atoms with Gasteiger partial charge in [0.05, 0.1) is 0 Å². The summed E-state index contributed by atoms with van der Waals surface area (Å²) in [5.74, 6) is 0.705. The lowest BCUT2D eigenvalue weighted by Crippen LogP contribution is -2.43. The van der Waals surface area contributed by atoms with Gasteiger partial charge in [0.15, 0.2) is 10.8 Å². The number of amides is 1. The third-order valence-electron chi connectivity index (χ3n) is 6.50. The molecule has 0 spiro atoms. The number of para-hydroxylation sites is 1. The van der Waals surface area contributed by atoms with Crippen LogP contribution in [0.1, 0.15) is 67.3 Å². The van der Waals surface area contributed by atoms with Crippen LogP contribution in [0.5, 0.6) is 11.5 Å². The molecular weight excluding hydrogens is 448 g/mol. The highest BCUT2D eigenvalue weighted by Crippen LogP contribution is 2.40. The van der Waals surface area contributed by atoms with Gasteiger partial charge < -0.3 is 9.84 Å². The molecule has 0 atom stereocenters. The van der Waals surface area contributed by atoms with Gasteiger partial charge in [-0.15, -0.1) is 11.3 Å². The maximum atomic E-state index is 13.7. The van der Waals surface area contributed by atoms with Crippen LogP contribution in [0, 0.1) is 11.3 Å². The molecule has 2 aromatic carbocycles. The Morgan fingerprint density at radius 3 is 2.15 bits per heavy atom. The smallest absolute Gasteiger partial charge is 0.355 e. The summed E-state index contributed by atoms with van der Waals surface area (Å²) in [5.41, 5.74) is 0.713. The van der Waals surface area contributed by atoms with E-state index in [1.54, 1.807) is 29.2 Å². The Bertz CT molecular complexity index is 1130. The summed E-state index contributed by atoms with van der Waals surface area (Å²) in [6, 6.07) is 16.5. The van der Waals surface area contributed by atoms with Crippen molar-refractivity contribution in [3.05, 3.63) is 71.2 Å². The second-order valence-corrected chi connectivity index (χ2v) is 10.6. The van der Waals surface area contributed by atoms with E-state index in [0.717, 1.165) is 31.4 Å². The number of hydrogen-bond acceptors (Lipinski definition) is 5. The van der Waals surface area contributed by atoms with Crippen LogP contribution in [0.4, 0.5) is 5.13 Å². The molecule has 1 aliphatic rings. The van der Waals surface area contributed by atoms with Crippen molar-refractivity contribution in [1.82, 2.24) is 4.98 Å². The van der Waals surface area contributed by atoms with Crippen LogP contribution >= 0.6 is 11.3 Å². The van der Waals surface area contributed by atoms with Gasteiger partial charge in [-0.2, -0.15) is 0 Å². The van der Waals surface area contributed by atoms with Crippen molar-refractivity contribution in [2.45, 2.75) is 52.5 Å². The van der Waals surface area contributed by atoms with E-state index in [9.17, 15) is 14.7 Å². The normalized spacial score (nSPS) is 18.3. The van der Waals surface area contributed by atoms with Gasteiger partial charge in [-0.1, -0.05) is 39.0 Å². The minimum Gasteiger partial charge on any atom is -0.476 e. The first kappa shape index (κ1) is 24.0. The van der Waals surface area contributed by atoms with Crippen LogP contribution in [-0.4, -0.2) is 28.0 Å². The summed E-state index contributed by atoms with van der Waals surface area (Å²) in [6.45, 7) is 6.79. The van der Waals surface area contributed by atoms with Gasteiger partial charge in [0.1, 0.15) is 11.5 Å². The van der Waals surface area contributed by atoms with Crippen LogP contribution < -0.4 is 9.64 Å². The average molecular weight is 479 g/mol. The average Bonchev–Trinajstić information content (AvgIpc) is 3.30. The standard InChI is InChI=1S/C27H30N2O4S/c1-27(2,3)19-11-13-20(14-12-19)29(26-28-23(17-34-26)25(31)32)24(30)18-9-15-22(16-10-18)33-21-7-5-4-6-8-21/h4-10,15-17,19-20H,11-14H2,1-3H3,(H,31,32). The zero-order valence-corrected chi connectivity index (χ0v) is 20.5. The highest BCUT2D eigenvalue weighted by Gasteiger charge is 2.36. The molecule has 0 saturated heterocycles. The number of hydrogen-bond donors (Lipinski definition) is 1.